The van der Waals surface area contributed by atoms with E-state index in [0.29, 0.717) is 22.4 Å². The zero-order valence-electron chi connectivity index (χ0n) is 14.3. The van der Waals surface area contributed by atoms with Crippen LogP contribution in [-0.2, 0) is 0 Å². The smallest absolute Gasteiger partial charge is 0.345 e. The first-order valence-electron chi connectivity index (χ1n) is 8.21. The summed E-state index contributed by atoms with van der Waals surface area (Å²) in [6.07, 6.45) is 1.45. The molecule has 0 radical (unpaired) electrons. The Balaban J connectivity index is 1.52. The second-order valence-electron chi connectivity index (χ2n) is 5.81. The van der Waals surface area contributed by atoms with Gasteiger partial charge in [0.1, 0.15) is 11.3 Å². The number of rotatable bonds is 4. The molecule has 1 amide bonds. The lowest BCUT2D eigenvalue weighted by Crippen LogP contribution is -2.17. The molecule has 0 spiro atoms. The number of carbonyl (C=O) groups excluding carboxylic acids is 1. The molecule has 0 fully saturated rings. The average molecular weight is 391 g/mol. The predicted molar refractivity (Wildman–Crippen MR) is 107 cm³/mol. The summed E-state index contributed by atoms with van der Waals surface area (Å²) in [6.45, 7) is 0. The summed E-state index contributed by atoms with van der Waals surface area (Å²) in [7, 11) is 0. The molecule has 0 atom stereocenters. The largest absolute Gasteiger partial charge is 0.508 e. The van der Waals surface area contributed by atoms with Crippen LogP contribution in [0.5, 0.6) is 5.75 Å². The number of nitrogens with zero attached hydrogens (tertiary/aromatic N) is 2. The lowest BCUT2D eigenvalue weighted by Gasteiger charge is -1.99. The Kier molecular flexibility index (Phi) is 4.69. The van der Waals surface area contributed by atoms with Gasteiger partial charge in [0.05, 0.1) is 17.5 Å². The summed E-state index contributed by atoms with van der Waals surface area (Å²) in [5.41, 5.74) is 3.75. The van der Waals surface area contributed by atoms with Gasteiger partial charge in [-0.25, -0.2) is 15.2 Å². The van der Waals surface area contributed by atoms with Crippen molar-refractivity contribution in [2.45, 2.75) is 0 Å². The molecule has 0 bridgehead atoms. The van der Waals surface area contributed by atoms with Gasteiger partial charge in [-0.2, -0.15) is 5.10 Å². The van der Waals surface area contributed by atoms with Gasteiger partial charge in [0, 0.05) is 10.8 Å². The molecule has 2 aromatic carbocycles. The molecule has 0 saturated carbocycles. The molecule has 2 N–H and O–H groups in total. The Morgan fingerprint density at radius 1 is 1.18 bits per heavy atom. The number of hydrazone groups is 1. The first-order valence-corrected chi connectivity index (χ1v) is 9.09. The SMILES string of the molecule is O=C(N/N=C/c1ccc(O)cc1)c1nc(-c2cc3ccccc3oc2=O)cs1. The van der Waals surface area contributed by atoms with Crippen LogP contribution in [0.2, 0.25) is 0 Å². The topological polar surface area (TPSA) is 105 Å². The van der Waals surface area contributed by atoms with Crippen LogP contribution in [0.4, 0.5) is 0 Å². The third kappa shape index (κ3) is 3.67. The van der Waals surface area contributed by atoms with Crippen LogP contribution in [0.1, 0.15) is 15.4 Å². The number of amides is 1. The van der Waals surface area contributed by atoms with E-state index in [1.165, 1.54) is 18.3 Å². The quantitative estimate of drug-likeness (QED) is 0.315. The molecule has 0 aliphatic carbocycles. The van der Waals surface area contributed by atoms with Crippen molar-refractivity contribution in [3.63, 3.8) is 0 Å². The van der Waals surface area contributed by atoms with E-state index < -0.39 is 11.5 Å². The van der Waals surface area contributed by atoms with Crippen molar-refractivity contribution in [2.24, 2.45) is 5.10 Å². The number of hydrogen-bond acceptors (Lipinski definition) is 7. The van der Waals surface area contributed by atoms with E-state index in [1.807, 2.05) is 12.1 Å². The number of benzene rings is 2. The van der Waals surface area contributed by atoms with Gasteiger partial charge in [0.15, 0.2) is 5.01 Å². The molecule has 8 heteroatoms. The third-order valence-corrected chi connectivity index (χ3v) is 4.73. The van der Waals surface area contributed by atoms with Gasteiger partial charge in [-0.15, -0.1) is 11.3 Å². The molecule has 0 aliphatic heterocycles. The van der Waals surface area contributed by atoms with Crippen molar-refractivity contribution >= 4 is 34.4 Å². The Morgan fingerprint density at radius 3 is 2.79 bits per heavy atom. The van der Waals surface area contributed by atoms with E-state index in [9.17, 15) is 14.7 Å². The zero-order chi connectivity index (χ0) is 19.5. The minimum absolute atomic E-state index is 0.148. The van der Waals surface area contributed by atoms with Gasteiger partial charge in [0.25, 0.3) is 5.91 Å². The van der Waals surface area contributed by atoms with Crippen LogP contribution >= 0.6 is 11.3 Å². The number of para-hydroxylation sites is 1. The number of phenols is 1. The maximum absolute atomic E-state index is 12.2. The predicted octanol–water partition coefficient (Wildman–Crippen LogP) is 3.39. The number of fused-ring (bicyclic) bond motifs is 1. The summed E-state index contributed by atoms with van der Waals surface area (Å²) in [6, 6.07) is 15.2. The molecule has 2 aromatic heterocycles. The number of nitrogens with one attached hydrogen (secondary N) is 1. The van der Waals surface area contributed by atoms with Crippen molar-refractivity contribution in [3.8, 4) is 17.0 Å². The second kappa shape index (κ2) is 7.45. The fourth-order valence-electron chi connectivity index (χ4n) is 2.52. The monoisotopic (exact) mass is 391 g/mol. The van der Waals surface area contributed by atoms with Crippen molar-refractivity contribution in [1.82, 2.24) is 10.4 Å². The molecule has 4 aromatic rings. The molecule has 4 rings (SSSR count). The molecule has 138 valence electrons. The lowest BCUT2D eigenvalue weighted by molar-refractivity contribution is 0.0955. The van der Waals surface area contributed by atoms with E-state index >= 15 is 0 Å². The second-order valence-corrected chi connectivity index (χ2v) is 6.67. The van der Waals surface area contributed by atoms with Crippen LogP contribution in [0.25, 0.3) is 22.2 Å². The van der Waals surface area contributed by atoms with Gasteiger partial charge in [-0.1, -0.05) is 18.2 Å². The van der Waals surface area contributed by atoms with Gasteiger partial charge >= 0.3 is 5.63 Å². The standard InChI is InChI=1S/C20H13N3O4S/c24-14-7-5-12(6-8-14)10-21-23-18(25)19-22-16(11-28-19)15-9-13-3-1-2-4-17(13)27-20(15)26/h1-11,24H,(H,23,25)/b21-10+. The molecule has 0 unspecified atom stereocenters. The highest BCUT2D eigenvalue weighted by Crippen LogP contribution is 2.22. The van der Waals surface area contributed by atoms with Crippen LogP contribution in [0.15, 0.2) is 74.3 Å². The van der Waals surface area contributed by atoms with Crippen molar-refractivity contribution < 1.29 is 14.3 Å². The fourth-order valence-corrected chi connectivity index (χ4v) is 3.22. The van der Waals surface area contributed by atoms with Crippen molar-refractivity contribution in [1.29, 1.82) is 0 Å². The normalized spacial score (nSPS) is 11.1. The summed E-state index contributed by atoms with van der Waals surface area (Å²) >= 11 is 1.10. The maximum Gasteiger partial charge on any atom is 0.345 e. The lowest BCUT2D eigenvalue weighted by atomic mass is 10.1. The molecule has 2 heterocycles. The minimum Gasteiger partial charge on any atom is -0.508 e. The van der Waals surface area contributed by atoms with E-state index in [1.54, 1.807) is 35.7 Å². The number of carbonyl (C=O) groups is 1. The van der Waals surface area contributed by atoms with E-state index in [-0.39, 0.29) is 10.8 Å². The van der Waals surface area contributed by atoms with E-state index in [0.717, 1.165) is 16.7 Å². The maximum atomic E-state index is 12.2. The Hall–Kier alpha value is -3.78. The summed E-state index contributed by atoms with van der Waals surface area (Å²) in [5.74, 6) is -0.342. The summed E-state index contributed by atoms with van der Waals surface area (Å²) < 4.78 is 5.31. The summed E-state index contributed by atoms with van der Waals surface area (Å²) in [5, 5.41) is 15.7. The zero-order valence-corrected chi connectivity index (χ0v) is 15.1. The van der Waals surface area contributed by atoms with Crippen LogP contribution in [-0.4, -0.2) is 22.2 Å². The third-order valence-electron chi connectivity index (χ3n) is 3.89. The van der Waals surface area contributed by atoms with E-state index in [4.69, 9.17) is 4.42 Å². The Labute approximate surface area is 162 Å². The van der Waals surface area contributed by atoms with Crippen LogP contribution in [0, 0.1) is 0 Å². The minimum atomic E-state index is -0.513. The van der Waals surface area contributed by atoms with Crippen LogP contribution in [0.3, 0.4) is 0 Å². The van der Waals surface area contributed by atoms with Crippen molar-refractivity contribution in [2.75, 3.05) is 0 Å². The van der Waals surface area contributed by atoms with Gasteiger partial charge < -0.3 is 9.52 Å². The number of hydrogen-bond donors (Lipinski definition) is 2. The average Bonchev–Trinajstić information content (AvgIpc) is 3.19. The van der Waals surface area contributed by atoms with Gasteiger partial charge in [-0.3, -0.25) is 4.79 Å². The van der Waals surface area contributed by atoms with Gasteiger partial charge in [0.2, 0.25) is 0 Å². The number of thiazole rings is 1. The summed E-state index contributed by atoms with van der Waals surface area (Å²) in [4.78, 5) is 28.7. The Morgan fingerprint density at radius 2 is 1.96 bits per heavy atom. The highest BCUT2D eigenvalue weighted by molar-refractivity contribution is 7.12. The molecule has 7 nitrogen and oxygen atoms in total. The first-order chi connectivity index (χ1) is 13.6. The van der Waals surface area contributed by atoms with Crippen molar-refractivity contribution in [3.05, 3.63) is 81.0 Å². The highest BCUT2D eigenvalue weighted by Gasteiger charge is 2.15. The Bertz CT molecular complexity index is 1240. The number of aromatic nitrogens is 1. The molecule has 0 aliphatic rings. The van der Waals surface area contributed by atoms with E-state index in [2.05, 4.69) is 15.5 Å². The molecular weight excluding hydrogens is 378 g/mol. The molecular formula is C20H13N3O4S. The highest BCUT2D eigenvalue weighted by atomic mass is 32.1. The number of phenolic OH excluding ortho intramolecular Hbond substituents is 1. The van der Waals surface area contributed by atoms with Crippen LogP contribution < -0.4 is 11.1 Å². The van der Waals surface area contributed by atoms with Gasteiger partial charge in [-0.05, 0) is 42.0 Å². The first kappa shape index (κ1) is 17.6. The fraction of sp³-hybridized carbons (Fsp3) is 0. The molecule has 28 heavy (non-hydrogen) atoms. The number of aromatic hydroxyl groups is 1. The molecule has 0 saturated heterocycles.